The summed E-state index contributed by atoms with van der Waals surface area (Å²) in [5.41, 5.74) is 5.47. The Morgan fingerprint density at radius 1 is 1.16 bits per heavy atom. The average molecular weight is 422 g/mol. The molecule has 1 saturated heterocycles. The molecule has 0 atom stereocenters. The van der Waals surface area contributed by atoms with Crippen LogP contribution in [0.4, 0.5) is 0 Å². The van der Waals surface area contributed by atoms with Gasteiger partial charge in [-0.1, -0.05) is 38.1 Å². The molecule has 3 aromatic rings. The van der Waals surface area contributed by atoms with Crippen LogP contribution in [0.15, 0.2) is 30.3 Å². The van der Waals surface area contributed by atoms with Crippen molar-refractivity contribution in [2.24, 2.45) is 7.05 Å². The molecule has 0 saturated carbocycles. The van der Waals surface area contributed by atoms with E-state index >= 15 is 0 Å². The smallest absolute Gasteiger partial charge is 0.252 e. The SMILES string of the molecule is Cc1nn(C)c2nc(C(C)C)cc(C(=O)NCc3ccc(CN4CCOCC4)cc3)c12. The molecule has 31 heavy (non-hydrogen) atoms. The molecule has 1 amide bonds. The van der Waals surface area contributed by atoms with Crippen LogP contribution in [0.1, 0.15) is 52.6 Å². The van der Waals surface area contributed by atoms with Gasteiger partial charge in [0.15, 0.2) is 5.65 Å². The summed E-state index contributed by atoms with van der Waals surface area (Å²) in [6, 6.07) is 10.4. The van der Waals surface area contributed by atoms with Crippen molar-refractivity contribution in [3.8, 4) is 0 Å². The summed E-state index contributed by atoms with van der Waals surface area (Å²) in [7, 11) is 1.87. The zero-order valence-corrected chi connectivity index (χ0v) is 18.8. The van der Waals surface area contributed by atoms with Crippen LogP contribution in [0, 0.1) is 6.92 Å². The van der Waals surface area contributed by atoms with Gasteiger partial charge in [-0.05, 0) is 30.0 Å². The summed E-state index contributed by atoms with van der Waals surface area (Å²) in [6.07, 6.45) is 0. The Balaban J connectivity index is 1.46. The van der Waals surface area contributed by atoms with E-state index in [1.807, 2.05) is 20.0 Å². The van der Waals surface area contributed by atoms with Gasteiger partial charge in [0.2, 0.25) is 0 Å². The van der Waals surface area contributed by atoms with Gasteiger partial charge in [0.05, 0.1) is 29.9 Å². The molecule has 1 N–H and O–H groups in total. The quantitative estimate of drug-likeness (QED) is 0.662. The minimum Gasteiger partial charge on any atom is -0.379 e. The number of ether oxygens (including phenoxy) is 1. The maximum Gasteiger partial charge on any atom is 0.252 e. The fourth-order valence-electron chi connectivity index (χ4n) is 4.00. The molecule has 164 valence electrons. The number of carbonyl (C=O) groups excluding carboxylic acids is 1. The second kappa shape index (κ2) is 9.16. The highest BCUT2D eigenvalue weighted by molar-refractivity contribution is 6.06. The zero-order chi connectivity index (χ0) is 22.0. The lowest BCUT2D eigenvalue weighted by atomic mass is 10.0. The van der Waals surface area contributed by atoms with Crippen LogP contribution in [0.25, 0.3) is 11.0 Å². The van der Waals surface area contributed by atoms with Crippen molar-refractivity contribution >= 4 is 16.9 Å². The van der Waals surface area contributed by atoms with Gasteiger partial charge in [-0.2, -0.15) is 5.10 Å². The molecule has 1 aliphatic heterocycles. The van der Waals surface area contributed by atoms with E-state index in [1.54, 1.807) is 4.68 Å². The molecular formula is C24H31N5O2. The Bertz CT molecular complexity index is 1070. The topological polar surface area (TPSA) is 72.3 Å². The van der Waals surface area contributed by atoms with E-state index in [9.17, 15) is 4.79 Å². The van der Waals surface area contributed by atoms with Crippen molar-refractivity contribution in [1.82, 2.24) is 25.0 Å². The minimum atomic E-state index is -0.0946. The fraction of sp³-hybridized carbons (Fsp3) is 0.458. The summed E-state index contributed by atoms with van der Waals surface area (Å²) in [5, 5.41) is 8.38. The molecule has 3 heterocycles. The first-order valence-electron chi connectivity index (χ1n) is 10.9. The Labute approximate surface area is 183 Å². The first-order valence-corrected chi connectivity index (χ1v) is 10.9. The number of hydrogen-bond donors (Lipinski definition) is 1. The standard InChI is InChI=1S/C24H31N5O2/c1-16(2)21-13-20(22-17(3)27-28(4)23(22)26-21)24(30)25-14-18-5-7-19(8-6-18)15-29-9-11-31-12-10-29/h5-8,13,16H,9-12,14-15H2,1-4H3,(H,25,30). The molecule has 0 radical (unpaired) electrons. The number of aryl methyl sites for hydroxylation is 2. The summed E-state index contributed by atoms with van der Waals surface area (Å²) < 4.78 is 7.16. The number of fused-ring (bicyclic) bond motifs is 1. The van der Waals surface area contributed by atoms with Crippen LogP contribution in [-0.2, 0) is 24.9 Å². The van der Waals surface area contributed by atoms with Gasteiger partial charge in [-0.25, -0.2) is 4.98 Å². The molecule has 7 heteroatoms. The Hall–Kier alpha value is -2.77. The summed E-state index contributed by atoms with van der Waals surface area (Å²) >= 11 is 0. The van der Waals surface area contributed by atoms with Gasteiger partial charge in [0.25, 0.3) is 5.91 Å². The maximum atomic E-state index is 13.1. The average Bonchev–Trinajstić information content (AvgIpc) is 3.06. The Morgan fingerprint density at radius 2 is 1.84 bits per heavy atom. The number of hydrogen-bond acceptors (Lipinski definition) is 5. The highest BCUT2D eigenvalue weighted by Crippen LogP contribution is 2.25. The van der Waals surface area contributed by atoms with Crippen molar-refractivity contribution in [2.75, 3.05) is 26.3 Å². The second-order valence-electron chi connectivity index (χ2n) is 8.54. The van der Waals surface area contributed by atoms with Crippen molar-refractivity contribution in [2.45, 2.75) is 39.8 Å². The number of morpholine rings is 1. The fourth-order valence-corrected chi connectivity index (χ4v) is 4.00. The molecule has 2 aromatic heterocycles. The largest absolute Gasteiger partial charge is 0.379 e. The van der Waals surface area contributed by atoms with Crippen LogP contribution in [0.5, 0.6) is 0 Å². The summed E-state index contributed by atoms with van der Waals surface area (Å²) in [4.78, 5) is 20.2. The maximum absolute atomic E-state index is 13.1. The molecule has 7 nitrogen and oxygen atoms in total. The van der Waals surface area contributed by atoms with Gasteiger partial charge >= 0.3 is 0 Å². The number of carbonyl (C=O) groups is 1. The van der Waals surface area contributed by atoms with Crippen molar-refractivity contribution in [3.05, 3.63) is 58.4 Å². The number of nitrogens with zero attached hydrogens (tertiary/aromatic N) is 4. The van der Waals surface area contributed by atoms with Gasteiger partial charge in [-0.15, -0.1) is 0 Å². The molecule has 0 unspecified atom stereocenters. The molecule has 1 fully saturated rings. The van der Waals surface area contributed by atoms with E-state index in [2.05, 4.69) is 53.4 Å². The summed E-state index contributed by atoms with van der Waals surface area (Å²) in [6.45, 7) is 11.1. The normalized spacial score (nSPS) is 15.0. The Kier molecular flexibility index (Phi) is 6.34. The predicted molar refractivity (Wildman–Crippen MR) is 121 cm³/mol. The van der Waals surface area contributed by atoms with Crippen LogP contribution >= 0.6 is 0 Å². The minimum absolute atomic E-state index is 0.0946. The number of amides is 1. The predicted octanol–water partition coefficient (Wildman–Crippen LogP) is 3.16. The highest BCUT2D eigenvalue weighted by Gasteiger charge is 2.19. The molecule has 0 aliphatic carbocycles. The van der Waals surface area contributed by atoms with Gasteiger partial charge < -0.3 is 10.1 Å². The van der Waals surface area contributed by atoms with E-state index in [0.717, 1.165) is 60.8 Å². The third-order valence-corrected chi connectivity index (χ3v) is 5.81. The van der Waals surface area contributed by atoms with E-state index < -0.39 is 0 Å². The third kappa shape index (κ3) is 4.78. The van der Waals surface area contributed by atoms with Crippen molar-refractivity contribution in [3.63, 3.8) is 0 Å². The van der Waals surface area contributed by atoms with Gasteiger partial charge in [0, 0.05) is 38.9 Å². The van der Waals surface area contributed by atoms with Gasteiger partial charge in [0.1, 0.15) is 0 Å². The zero-order valence-electron chi connectivity index (χ0n) is 18.8. The van der Waals surface area contributed by atoms with Crippen LogP contribution in [-0.4, -0.2) is 51.9 Å². The van der Waals surface area contributed by atoms with Crippen LogP contribution in [0.3, 0.4) is 0 Å². The molecule has 1 aliphatic rings. The second-order valence-corrected chi connectivity index (χ2v) is 8.54. The van der Waals surface area contributed by atoms with E-state index in [4.69, 9.17) is 9.72 Å². The van der Waals surface area contributed by atoms with Crippen LogP contribution < -0.4 is 5.32 Å². The monoisotopic (exact) mass is 421 g/mol. The van der Waals surface area contributed by atoms with Crippen LogP contribution in [0.2, 0.25) is 0 Å². The van der Waals surface area contributed by atoms with Gasteiger partial charge in [-0.3, -0.25) is 14.4 Å². The lowest BCUT2D eigenvalue weighted by Gasteiger charge is -2.26. The first kappa shape index (κ1) is 21.5. The number of benzene rings is 1. The molecule has 0 spiro atoms. The number of aromatic nitrogens is 3. The number of rotatable bonds is 6. The van der Waals surface area contributed by atoms with E-state index in [0.29, 0.717) is 12.1 Å². The third-order valence-electron chi connectivity index (χ3n) is 5.81. The first-order chi connectivity index (χ1) is 14.9. The van der Waals surface area contributed by atoms with E-state index in [1.165, 1.54) is 5.56 Å². The molecule has 4 rings (SSSR count). The Morgan fingerprint density at radius 3 is 2.52 bits per heavy atom. The highest BCUT2D eigenvalue weighted by atomic mass is 16.5. The van der Waals surface area contributed by atoms with Crippen molar-refractivity contribution < 1.29 is 9.53 Å². The number of nitrogens with one attached hydrogen (secondary N) is 1. The summed E-state index contributed by atoms with van der Waals surface area (Å²) in [5.74, 6) is 0.132. The van der Waals surface area contributed by atoms with E-state index in [-0.39, 0.29) is 11.8 Å². The molecule has 0 bridgehead atoms. The lowest BCUT2D eigenvalue weighted by molar-refractivity contribution is 0.0342. The number of pyridine rings is 1. The lowest BCUT2D eigenvalue weighted by Crippen LogP contribution is -2.35. The van der Waals surface area contributed by atoms with Crippen molar-refractivity contribution in [1.29, 1.82) is 0 Å². The molecule has 1 aromatic carbocycles. The molecular weight excluding hydrogens is 390 g/mol.